The number of nitrogens with one attached hydrogen (secondary N) is 1. The molecule has 0 aliphatic carbocycles. The number of nitrogen functional groups attached to an aromatic ring is 1. The molecule has 0 bridgehead atoms. The summed E-state index contributed by atoms with van der Waals surface area (Å²) in [4.78, 5) is 28.4. The van der Waals surface area contributed by atoms with Gasteiger partial charge in [0.25, 0.3) is 5.91 Å². The fourth-order valence-corrected chi connectivity index (χ4v) is 3.00. The van der Waals surface area contributed by atoms with Crippen LogP contribution in [0.5, 0.6) is 0 Å². The monoisotopic (exact) mass is 408 g/mol. The van der Waals surface area contributed by atoms with Gasteiger partial charge in [0.2, 0.25) is 5.91 Å². The van der Waals surface area contributed by atoms with E-state index in [4.69, 9.17) is 17.3 Å². The summed E-state index contributed by atoms with van der Waals surface area (Å²) in [7, 11) is 0. The Morgan fingerprint density at radius 1 is 0.963 bits per heavy atom. The Balaban J connectivity index is 0.00000261. The molecule has 0 saturated carbocycles. The highest BCUT2D eigenvalue weighted by atomic mass is 35.5. The van der Waals surface area contributed by atoms with Crippen molar-refractivity contribution in [2.24, 2.45) is 0 Å². The molecule has 144 valence electrons. The van der Waals surface area contributed by atoms with Crippen LogP contribution >= 0.6 is 24.0 Å². The van der Waals surface area contributed by atoms with E-state index in [0.29, 0.717) is 29.4 Å². The third-order valence-corrected chi connectivity index (χ3v) is 4.65. The number of halogens is 2. The van der Waals surface area contributed by atoms with E-state index in [1.807, 2.05) is 24.3 Å². The third kappa shape index (κ3) is 5.52. The molecular formula is C19H22Cl2N4O2. The van der Waals surface area contributed by atoms with E-state index in [1.54, 1.807) is 29.2 Å². The second-order valence-corrected chi connectivity index (χ2v) is 6.59. The number of carbonyl (C=O) groups is 2. The topological polar surface area (TPSA) is 78.7 Å². The van der Waals surface area contributed by atoms with Gasteiger partial charge in [0, 0.05) is 48.1 Å². The summed E-state index contributed by atoms with van der Waals surface area (Å²) in [6, 6.07) is 14.3. The number of nitrogens with zero attached hydrogens (tertiary/aromatic N) is 2. The Morgan fingerprint density at radius 3 is 2.15 bits per heavy atom. The van der Waals surface area contributed by atoms with E-state index in [9.17, 15) is 9.59 Å². The van der Waals surface area contributed by atoms with E-state index < -0.39 is 0 Å². The minimum absolute atomic E-state index is 0. The van der Waals surface area contributed by atoms with Crippen molar-refractivity contribution in [1.29, 1.82) is 0 Å². The first-order chi connectivity index (χ1) is 12.5. The molecule has 0 radical (unpaired) electrons. The molecule has 1 fully saturated rings. The number of benzene rings is 2. The van der Waals surface area contributed by atoms with Gasteiger partial charge >= 0.3 is 0 Å². The quantitative estimate of drug-likeness (QED) is 0.761. The van der Waals surface area contributed by atoms with E-state index in [0.717, 1.165) is 18.8 Å². The van der Waals surface area contributed by atoms with Gasteiger partial charge < -0.3 is 20.9 Å². The Morgan fingerprint density at radius 2 is 1.56 bits per heavy atom. The number of nitrogens with two attached hydrogens (primary N) is 1. The fourth-order valence-electron chi connectivity index (χ4n) is 2.87. The zero-order valence-corrected chi connectivity index (χ0v) is 16.3. The molecule has 2 aromatic carbocycles. The highest BCUT2D eigenvalue weighted by molar-refractivity contribution is 6.30. The fraction of sp³-hybridized carbons (Fsp3) is 0.263. The summed E-state index contributed by atoms with van der Waals surface area (Å²) in [6.07, 6.45) is 0. The normalized spacial score (nSPS) is 13.7. The van der Waals surface area contributed by atoms with Crippen LogP contribution in [-0.4, -0.2) is 49.4 Å². The molecule has 3 rings (SSSR count). The molecule has 1 heterocycles. The molecule has 3 N–H and O–H groups in total. The summed E-state index contributed by atoms with van der Waals surface area (Å²) >= 11 is 5.92. The van der Waals surface area contributed by atoms with E-state index in [1.165, 1.54) is 0 Å². The average Bonchev–Trinajstić information content (AvgIpc) is 2.67. The van der Waals surface area contributed by atoms with Crippen LogP contribution in [0, 0.1) is 0 Å². The molecule has 0 spiro atoms. The Hall–Kier alpha value is -2.44. The average molecular weight is 409 g/mol. The van der Waals surface area contributed by atoms with Gasteiger partial charge in [-0.2, -0.15) is 0 Å². The van der Waals surface area contributed by atoms with Gasteiger partial charge in [-0.25, -0.2) is 0 Å². The molecule has 2 amide bonds. The van der Waals surface area contributed by atoms with Crippen LogP contribution < -0.4 is 16.0 Å². The molecule has 1 aliphatic rings. The first-order valence-electron chi connectivity index (χ1n) is 8.45. The third-order valence-electron chi connectivity index (χ3n) is 4.40. The maximum atomic E-state index is 12.3. The van der Waals surface area contributed by atoms with Crippen molar-refractivity contribution in [3.63, 3.8) is 0 Å². The maximum absolute atomic E-state index is 12.3. The first kappa shape index (κ1) is 20.9. The minimum Gasteiger partial charge on any atom is -0.399 e. The largest absolute Gasteiger partial charge is 0.399 e. The van der Waals surface area contributed by atoms with E-state index >= 15 is 0 Å². The van der Waals surface area contributed by atoms with Crippen LogP contribution in [-0.2, 0) is 4.79 Å². The lowest BCUT2D eigenvalue weighted by molar-refractivity contribution is -0.130. The maximum Gasteiger partial charge on any atom is 0.251 e. The second-order valence-electron chi connectivity index (χ2n) is 6.15. The van der Waals surface area contributed by atoms with Crippen LogP contribution in [0.3, 0.4) is 0 Å². The summed E-state index contributed by atoms with van der Waals surface area (Å²) in [5, 5.41) is 3.37. The molecule has 2 aromatic rings. The van der Waals surface area contributed by atoms with Gasteiger partial charge in [-0.3, -0.25) is 9.59 Å². The van der Waals surface area contributed by atoms with Crippen molar-refractivity contribution in [2.75, 3.05) is 43.4 Å². The van der Waals surface area contributed by atoms with Crippen LogP contribution in [0.4, 0.5) is 11.4 Å². The number of hydrogen-bond acceptors (Lipinski definition) is 4. The minimum atomic E-state index is -0.279. The van der Waals surface area contributed by atoms with Crippen LogP contribution in [0.15, 0.2) is 48.5 Å². The van der Waals surface area contributed by atoms with Crippen LogP contribution in [0.25, 0.3) is 0 Å². The lowest BCUT2D eigenvalue weighted by atomic mass is 10.2. The van der Waals surface area contributed by atoms with Crippen LogP contribution in [0.1, 0.15) is 10.4 Å². The number of amides is 2. The van der Waals surface area contributed by atoms with Gasteiger partial charge in [-0.05, 0) is 48.5 Å². The SMILES string of the molecule is Cl.Nc1ccc(C(=O)NCC(=O)N2CCN(c3ccc(Cl)cc3)CC2)cc1. The van der Waals surface area contributed by atoms with Crippen molar-refractivity contribution in [3.05, 3.63) is 59.1 Å². The molecule has 27 heavy (non-hydrogen) atoms. The molecule has 0 aromatic heterocycles. The highest BCUT2D eigenvalue weighted by Gasteiger charge is 2.21. The number of anilines is 2. The number of carbonyl (C=O) groups excluding carboxylic acids is 2. The van der Waals surface area contributed by atoms with E-state index in [2.05, 4.69) is 10.2 Å². The molecule has 8 heteroatoms. The summed E-state index contributed by atoms with van der Waals surface area (Å²) in [5.41, 5.74) is 7.78. The molecule has 6 nitrogen and oxygen atoms in total. The van der Waals surface area contributed by atoms with Gasteiger partial charge in [0.05, 0.1) is 6.54 Å². The lowest BCUT2D eigenvalue weighted by Crippen LogP contribution is -2.51. The van der Waals surface area contributed by atoms with Gasteiger partial charge in [-0.15, -0.1) is 12.4 Å². The molecule has 1 saturated heterocycles. The summed E-state index contributed by atoms with van der Waals surface area (Å²) in [6.45, 7) is 2.74. The Bertz CT molecular complexity index is 773. The summed E-state index contributed by atoms with van der Waals surface area (Å²) in [5.74, 6) is -0.359. The first-order valence-corrected chi connectivity index (χ1v) is 8.83. The molecule has 0 atom stereocenters. The predicted molar refractivity (Wildman–Crippen MR) is 111 cm³/mol. The van der Waals surface area contributed by atoms with Crippen molar-refractivity contribution in [2.45, 2.75) is 0 Å². The zero-order valence-electron chi connectivity index (χ0n) is 14.7. The predicted octanol–water partition coefficient (Wildman–Crippen LogP) is 2.42. The Kier molecular flexibility index (Phi) is 7.33. The lowest BCUT2D eigenvalue weighted by Gasteiger charge is -2.36. The molecule has 0 unspecified atom stereocenters. The Labute approximate surface area is 169 Å². The molecule has 1 aliphatic heterocycles. The zero-order chi connectivity index (χ0) is 18.5. The van der Waals surface area contributed by atoms with Crippen molar-refractivity contribution in [3.8, 4) is 0 Å². The van der Waals surface area contributed by atoms with Crippen molar-refractivity contribution >= 4 is 47.2 Å². The van der Waals surface area contributed by atoms with Gasteiger partial charge in [0.1, 0.15) is 0 Å². The van der Waals surface area contributed by atoms with E-state index in [-0.39, 0.29) is 30.8 Å². The van der Waals surface area contributed by atoms with Gasteiger partial charge in [-0.1, -0.05) is 11.6 Å². The van der Waals surface area contributed by atoms with Crippen LogP contribution in [0.2, 0.25) is 5.02 Å². The van der Waals surface area contributed by atoms with Crippen molar-refractivity contribution in [1.82, 2.24) is 10.2 Å². The standard InChI is InChI=1S/C19H21ClN4O2.ClH/c20-15-3-7-17(8-4-15)23-9-11-24(12-10-23)18(25)13-22-19(26)14-1-5-16(21)6-2-14;/h1-8H,9-13,21H2,(H,22,26);1H. The van der Waals surface area contributed by atoms with Crippen molar-refractivity contribution < 1.29 is 9.59 Å². The van der Waals surface area contributed by atoms with Gasteiger partial charge in [0.15, 0.2) is 0 Å². The summed E-state index contributed by atoms with van der Waals surface area (Å²) < 4.78 is 0. The molecular weight excluding hydrogens is 387 g/mol. The highest BCUT2D eigenvalue weighted by Crippen LogP contribution is 2.19. The number of rotatable bonds is 4. The smallest absolute Gasteiger partial charge is 0.251 e. The number of hydrogen-bond donors (Lipinski definition) is 2. The second kappa shape index (κ2) is 9.48. The number of piperazine rings is 1.